The first-order valence-electron chi connectivity index (χ1n) is 9.48. The smallest absolute Gasteiger partial charge is 0.407 e. The zero-order valence-corrected chi connectivity index (χ0v) is 16.5. The fourth-order valence-electron chi connectivity index (χ4n) is 3.62. The number of nitrogens with zero attached hydrogens (tertiary/aromatic N) is 5. The minimum Gasteiger partial charge on any atom is -0.465 e. The van der Waals surface area contributed by atoms with Crippen LogP contribution in [0.15, 0.2) is 36.8 Å². The van der Waals surface area contributed by atoms with Crippen LogP contribution in [0.5, 0.6) is 0 Å². The van der Waals surface area contributed by atoms with Crippen LogP contribution < -0.4 is 10.2 Å². The summed E-state index contributed by atoms with van der Waals surface area (Å²) in [6, 6.07) is 4.49. The zero-order chi connectivity index (χ0) is 21.4. The first kappa shape index (κ1) is 19.6. The van der Waals surface area contributed by atoms with E-state index >= 15 is 0 Å². The second-order valence-electron chi connectivity index (χ2n) is 7.32. The van der Waals surface area contributed by atoms with Crippen LogP contribution in [0.25, 0.3) is 5.65 Å². The van der Waals surface area contributed by atoms with Crippen molar-refractivity contribution in [3.63, 3.8) is 0 Å². The van der Waals surface area contributed by atoms with E-state index in [1.807, 2.05) is 17.9 Å². The van der Waals surface area contributed by atoms with E-state index in [0.29, 0.717) is 31.1 Å². The number of halogens is 1. The van der Waals surface area contributed by atoms with Gasteiger partial charge in [0.15, 0.2) is 11.5 Å². The Morgan fingerprint density at radius 2 is 2.07 bits per heavy atom. The van der Waals surface area contributed by atoms with Crippen LogP contribution in [0.1, 0.15) is 23.0 Å². The average Bonchev–Trinajstić information content (AvgIpc) is 3.09. The van der Waals surface area contributed by atoms with Crippen LogP contribution in [-0.4, -0.2) is 62.1 Å². The van der Waals surface area contributed by atoms with Gasteiger partial charge in [0.25, 0.3) is 5.91 Å². The van der Waals surface area contributed by atoms with Crippen molar-refractivity contribution in [2.45, 2.75) is 19.9 Å². The van der Waals surface area contributed by atoms with Crippen molar-refractivity contribution in [1.82, 2.24) is 19.3 Å². The lowest BCUT2D eigenvalue weighted by atomic mass is 10.2. The molecule has 10 heteroatoms. The molecule has 4 heterocycles. The number of nitrogens with one attached hydrogen (secondary N) is 1. The molecule has 0 bridgehead atoms. The molecule has 0 saturated carbocycles. The number of carbonyl (C=O) groups is 2. The highest BCUT2D eigenvalue weighted by Crippen LogP contribution is 2.20. The molecule has 2 N–H and O–H groups in total. The van der Waals surface area contributed by atoms with Crippen LogP contribution in [-0.2, 0) is 0 Å². The molecule has 0 radical (unpaired) electrons. The predicted molar refractivity (Wildman–Crippen MR) is 108 cm³/mol. The Morgan fingerprint density at radius 1 is 1.27 bits per heavy atom. The Labute approximate surface area is 171 Å². The summed E-state index contributed by atoms with van der Waals surface area (Å²) in [6.07, 6.45) is 3.87. The van der Waals surface area contributed by atoms with E-state index in [0.717, 1.165) is 11.8 Å². The number of carbonyl (C=O) groups excluding carboxylic acids is 1. The summed E-state index contributed by atoms with van der Waals surface area (Å²) in [5, 5.41) is 11.8. The minimum atomic E-state index is -0.918. The summed E-state index contributed by atoms with van der Waals surface area (Å²) >= 11 is 0. The van der Waals surface area contributed by atoms with Gasteiger partial charge in [-0.3, -0.25) is 4.79 Å². The largest absolute Gasteiger partial charge is 0.465 e. The summed E-state index contributed by atoms with van der Waals surface area (Å²) < 4.78 is 15.7. The van der Waals surface area contributed by atoms with Gasteiger partial charge in [-0.2, -0.15) is 0 Å². The molecule has 1 fully saturated rings. The zero-order valence-electron chi connectivity index (χ0n) is 16.5. The standard InChI is InChI=1S/C20H21FN6O3/c1-12-9-26-11-14(7-16(21)18(26)23-12)19(28)24-17-4-3-15(8-22-17)25-5-6-27(20(29)30)13(2)10-25/h3-4,7-9,11,13H,5-6,10H2,1-2H3,(H,29,30)(H,22,24,28)/t13-/m0/s1. The number of anilines is 2. The fraction of sp³-hybridized carbons (Fsp3) is 0.300. The number of hydrogen-bond acceptors (Lipinski definition) is 5. The van der Waals surface area contributed by atoms with Gasteiger partial charge >= 0.3 is 6.09 Å². The summed E-state index contributed by atoms with van der Waals surface area (Å²) in [6.45, 7) is 5.15. The molecular formula is C20H21FN6O3. The number of aryl methyl sites for hydroxylation is 1. The van der Waals surface area contributed by atoms with Crippen LogP contribution in [0.2, 0.25) is 0 Å². The van der Waals surface area contributed by atoms with E-state index in [-0.39, 0.29) is 17.3 Å². The summed E-state index contributed by atoms with van der Waals surface area (Å²) in [4.78, 5) is 35.5. The topological polar surface area (TPSA) is 103 Å². The number of hydrogen-bond donors (Lipinski definition) is 2. The molecule has 4 rings (SSSR count). The van der Waals surface area contributed by atoms with Gasteiger partial charge in [0, 0.05) is 38.1 Å². The number of piperazine rings is 1. The number of carboxylic acid groups (broad SMARTS) is 1. The lowest BCUT2D eigenvalue weighted by Crippen LogP contribution is -2.53. The van der Waals surface area contributed by atoms with Crippen molar-refractivity contribution < 1.29 is 19.1 Å². The van der Waals surface area contributed by atoms with Gasteiger partial charge in [-0.25, -0.2) is 19.2 Å². The third kappa shape index (κ3) is 3.76. The highest BCUT2D eigenvalue weighted by molar-refractivity contribution is 6.03. The molecule has 3 aromatic heterocycles. The van der Waals surface area contributed by atoms with Gasteiger partial charge in [-0.05, 0) is 32.0 Å². The van der Waals surface area contributed by atoms with Crippen molar-refractivity contribution in [3.8, 4) is 0 Å². The van der Waals surface area contributed by atoms with Crippen molar-refractivity contribution in [2.24, 2.45) is 0 Å². The lowest BCUT2D eigenvalue weighted by Gasteiger charge is -2.39. The molecule has 1 aliphatic rings. The highest BCUT2D eigenvalue weighted by atomic mass is 19.1. The number of amides is 2. The number of pyridine rings is 2. The Morgan fingerprint density at radius 3 is 2.73 bits per heavy atom. The van der Waals surface area contributed by atoms with Crippen LogP contribution in [0.3, 0.4) is 0 Å². The van der Waals surface area contributed by atoms with Crippen molar-refractivity contribution in [2.75, 3.05) is 29.9 Å². The number of fused-ring (bicyclic) bond motifs is 1. The molecule has 2 amide bonds. The normalized spacial score (nSPS) is 16.7. The molecule has 0 aromatic carbocycles. The molecule has 9 nitrogen and oxygen atoms in total. The van der Waals surface area contributed by atoms with E-state index < -0.39 is 17.8 Å². The second kappa shape index (κ2) is 7.62. The molecule has 0 unspecified atom stereocenters. The maximum atomic E-state index is 14.2. The van der Waals surface area contributed by atoms with Crippen LogP contribution in [0, 0.1) is 12.7 Å². The van der Waals surface area contributed by atoms with Gasteiger partial charge in [0.05, 0.1) is 23.1 Å². The van der Waals surface area contributed by atoms with E-state index in [4.69, 9.17) is 0 Å². The van der Waals surface area contributed by atoms with E-state index in [9.17, 15) is 19.1 Å². The highest BCUT2D eigenvalue weighted by Gasteiger charge is 2.27. The number of imidazole rings is 1. The Hall–Kier alpha value is -3.69. The third-order valence-corrected chi connectivity index (χ3v) is 5.12. The molecule has 0 spiro atoms. The molecule has 1 aliphatic heterocycles. The lowest BCUT2D eigenvalue weighted by molar-refractivity contribution is 0.102. The molecule has 30 heavy (non-hydrogen) atoms. The monoisotopic (exact) mass is 412 g/mol. The van der Waals surface area contributed by atoms with Crippen molar-refractivity contribution in [3.05, 3.63) is 53.9 Å². The number of rotatable bonds is 3. The maximum Gasteiger partial charge on any atom is 0.407 e. The minimum absolute atomic E-state index is 0.132. The average molecular weight is 412 g/mol. The Bertz CT molecular complexity index is 1110. The van der Waals surface area contributed by atoms with Crippen LogP contribution in [0.4, 0.5) is 20.7 Å². The number of aromatic nitrogens is 3. The van der Waals surface area contributed by atoms with E-state index in [1.54, 1.807) is 25.4 Å². The summed E-state index contributed by atoms with van der Waals surface area (Å²) in [5.74, 6) is -0.719. The first-order chi connectivity index (χ1) is 14.3. The Kier molecular flexibility index (Phi) is 4.98. The second-order valence-corrected chi connectivity index (χ2v) is 7.32. The molecule has 156 valence electrons. The van der Waals surface area contributed by atoms with E-state index in [2.05, 4.69) is 15.3 Å². The van der Waals surface area contributed by atoms with Gasteiger partial charge < -0.3 is 24.6 Å². The summed E-state index contributed by atoms with van der Waals surface area (Å²) in [7, 11) is 0. The molecule has 3 aromatic rings. The van der Waals surface area contributed by atoms with Gasteiger partial charge in [-0.1, -0.05) is 0 Å². The Balaban J connectivity index is 1.45. The molecule has 1 saturated heterocycles. The fourth-order valence-corrected chi connectivity index (χ4v) is 3.62. The van der Waals surface area contributed by atoms with Crippen molar-refractivity contribution >= 4 is 29.2 Å². The van der Waals surface area contributed by atoms with Gasteiger partial charge in [-0.15, -0.1) is 0 Å². The summed E-state index contributed by atoms with van der Waals surface area (Å²) in [5.41, 5.74) is 1.82. The molecule has 0 aliphatic carbocycles. The van der Waals surface area contributed by atoms with Gasteiger partial charge in [0.1, 0.15) is 5.82 Å². The van der Waals surface area contributed by atoms with Gasteiger partial charge in [0.2, 0.25) is 0 Å². The molecular weight excluding hydrogens is 391 g/mol. The predicted octanol–water partition coefficient (Wildman–Crippen LogP) is 2.62. The molecule has 1 atom stereocenters. The SMILES string of the molecule is Cc1cn2cc(C(=O)Nc3ccc(N4CCN(C(=O)O)[C@@H](C)C4)cn3)cc(F)c2n1. The maximum absolute atomic E-state index is 14.2. The van der Waals surface area contributed by atoms with Crippen LogP contribution >= 0.6 is 0 Å². The first-order valence-corrected chi connectivity index (χ1v) is 9.48. The van der Waals surface area contributed by atoms with Crippen molar-refractivity contribution in [1.29, 1.82) is 0 Å². The third-order valence-electron chi connectivity index (χ3n) is 5.12. The quantitative estimate of drug-likeness (QED) is 0.686. The van der Waals surface area contributed by atoms with E-state index in [1.165, 1.54) is 15.5 Å².